The zero-order valence-electron chi connectivity index (χ0n) is 14.7. The van der Waals surface area contributed by atoms with E-state index in [-0.39, 0.29) is 23.3 Å². The number of carbonyl (C=O) groups excluding carboxylic acids is 1. The van der Waals surface area contributed by atoms with E-state index < -0.39 is 10.0 Å². The molecular weight excluding hydrogens is 392 g/mol. The molecule has 8 heteroatoms. The third-order valence-corrected chi connectivity index (χ3v) is 6.09. The molecule has 0 atom stereocenters. The number of thioether (sulfide) groups is 1. The van der Waals surface area contributed by atoms with Gasteiger partial charge < -0.3 is 5.32 Å². The molecule has 0 saturated heterocycles. The minimum absolute atomic E-state index is 0.100. The van der Waals surface area contributed by atoms with Gasteiger partial charge in [-0.3, -0.25) is 4.79 Å². The summed E-state index contributed by atoms with van der Waals surface area (Å²) in [5.41, 5.74) is 1.29. The Hall–Kier alpha value is -1.54. The molecule has 2 aromatic rings. The molecule has 2 aromatic carbocycles. The van der Waals surface area contributed by atoms with Crippen molar-refractivity contribution in [1.29, 1.82) is 0 Å². The molecule has 140 valence electrons. The number of anilines is 1. The Morgan fingerprint density at radius 3 is 2.38 bits per heavy atom. The van der Waals surface area contributed by atoms with E-state index in [1.165, 1.54) is 23.9 Å². The van der Waals surface area contributed by atoms with E-state index in [4.69, 9.17) is 11.6 Å². The van der Waals surface area contributed by atoms with Crippen LogP contribution in [0, 0.1) is 5.92 Å². The Bertz CT molecular complexity index is 882. The van der Waals surface area contributed by atoms with Gasteiger partial charge in [-0.05, 0) is 42.2 Å². The monoisotopic (exact) mass is 412 g/mol. The summed E-state index contributed by atoms with van der Waals surface area (Å²) in [7, 11) is -3.72. The number of sulfonamides is 1. The summed E-state index contributed by atoms with van der Waals surface area (Å²) in [6.45, 7) is 3.71. The van der Waals surface area contributed by atoms with E-state index in [1.54, 1.807) is 44.2 Å². The average molecular weight is 413 g/mol. The molecule has 0 unspecified atom stereocenters. The van der Waals surface area contributed by atoms with Crippen molar-refractivity contribution in [2.45, 2.75) is 30.2 Å². The number of halogens is 1. The van der Waals surface area contributed by atoms with E-state index in [0.717, 1.165) is 10.5 Å². The van der Waals surface area contributed by atoms with Crippen LogP contribution in [0.25, 0.3) is 0 Å². The number of nitrogens with one attached hydrogen (secondary N) is 2. The summed E-state index contributed by atoms with van der Waals surface area (Å²) in [6, 6.07) is 11.6. The molecule has 0 heterocycles. The van der Waals surface area contributed by atoms with Crippen LogP contribution >= 0.6 is 23.4 Å². The highest BCUT2D eigenvalue weighted by molar-refractivity contribution is 7.98. The van der Waals surface area contributed by atoms with Crippen LogP contribution in [0.1, 0.15) is 19.4 Å². The van der Waals surface area contributed by atoms with Crippen LogP contribution in [-0.2, 0) is 21.4 Å². The number of rotatable bonds is 7. The van der Waals surface area contributed by atoms with Crippen molar-refractivity contribution in [3.05, 3.63) is 53.1 Å². The van der Waals surface area contributed by atoms with Gasteiger partial charge in [0.15, 0.2) is 0 Å². The molecular formula is C18H21ClN2O3S2. The SMILES string of the molecule is CSc1ccc(S(=O)(=O)NCc2ccc(Cl)cc2)cc1NC(=O)C(C)C. The zero-order chi connectivity index (χ0) is 19.3. The molecule has 1 amide bonds. The Kier molecular flexibility index (Phi) is 7.11. The van der Waals surface area contributed by atoms with Crippen molar-refractivity contribution in [2.24, 2.45) is 5.92 Å². The molecule has 0 radical (unpaired) electrons. The summed E-state index contributed by atoms with van der Waals surface area (Å²) in [4.78, 5) is 12.9. The molecule has 5 nitrogen and oxygen atoms in total. The molecule has 0 aliphatic heterocycles. The van der Waals surface area contributed by atoms with E-state index in [2.05, 4.69) is 10.0 Å². The first-order valence-corrected chi connectivity index (χ1v) is 11.0. The number of benzene rings is 2. The molecule has 2 N–H and O–H groups in total. The molecule has 0 saturated carbocycles. The van der Waals surface area contributed by atoms with Crippen molar-refractivity contribution in [3.8, 4) is 0 Å². The van der Waals surface area contributed by atoms with Gasteiger partial charge in [-0.2, -0.15) is 0 Å². The fraction of sp³-hybridized carbons (Fsp3) is 0.278. The molecule has 2 rings (SSSR count). The van der Waals surface area contributed by atoms with Gasteiger partial charge in [0.25, 0.3) is 0 Å². The first-order chi connectivity index (χ1) is 12.2. The Labute approximate surface area is 163 Å². The van der Waals surface area contributed by atoms with Crippen molar-refractivity contribution in [1.82, 2.24) is 4.72 Å². The normalized spacial score (nSPS) is 11.6. The summed E-state index contributed by atoms with van der Waals surface area (Å²) in [5, 5.41) is 3.38. The first kappa shape index (κ1) is 20.8. The quantitative estimate of drug-likeness (QED) is 0.670. The van der Waals surface area contributed by atoms with Crippen LogP contribution in [0.2, 0.25) is 5.02 Å². The maximum atomic E-state index is 12.6. The van der Waals surface area contributed by atoms with Gasteiger partial charge in [0, 0.05) is 22.4 Å². The molecule has 0 aliphatic rings. The fourth-order valence-electron chi connectivity index (χ4n) is 2.09. The van der Waals surface area contributed by atoms with Crippen LogP contribution in [0.3, 0.4) is 0 Å². The van der Waals surface area contributed by atoms with Gasteiger partial charge in [0.2, 0.25) is 15.9 Å². The minimum Gasteiger partial charge on any atom is -0.325 e. The predicted octanol–water partition coefficient (Wildman–Crippen LogP) is 4.13. The molecule has 26 heavy (non-hydrogen) atoms. The number of amides is 1. The second kappa shape index (κ2) is 8.90. The number of carbonyl (C=O) groups is 1. The van der Waals surface area contributed by atoms with Crippen molar-refractivity contribution < 1.29 is 13.2 Å². The second-order valence-corrected chi connectivity index (χ2v) is 9.01. The van der Waals surface area contributed by atoms with Crippen molar-refractivity contribution in [2.75, 3.05) is 11.6 Å². The summed E-state index contributed by atoms with van der Waals surface area (Å²) >= 11 is 7.27. The van der Waals surface area contributed by atoms with Gasteiger partial charge in [-0.15, -0.1) is 11.8 Å². The lowest BCUT2D eigenvalue weighted by molar-refractivity contribution is -0.118. The minimum atomic E-state index is -3.72. The van der Waals surface area contributed by atoms with Crippen LogP contribution in [0.5, 0.6) is 0 Å². The zero-order valence-corrected chi connectivity index (χ0v) is 17.1. The third kappa shape index (κ3) is 5.48. The maximum absolute atomic E-state index is 12.6. The van der Waals surface area contributed by atoms with Crippen molar-refractivity contribution >= 4 is 45.0 Å². The van der Waals surface area contributed by atoms with Gasteiger partial charge in [0.05, 0.1) is 10.6 Å². The van der Waals surface area contributed by atoms with E-state index in [9.17, 15) is 13.2 Å². The average Bonchev–Trinajstić information content (AvgIpc) is 2.61. The maximum Gasteiger partial charge on any atom is 0.240 e. The fourth-order valence-corrected chi connectivity index (χ4v) is 3.80. The van der Waals surface area contributed by atoms with Crippen LogP contribution in [0.15, 0.2) is 52.3 Å². The van der Waals surface area contributed by atoms with Gasteiger partial charge >= 0.3 is 0 Å². The second-order valence-electron chi connectivity index (χ2n) is 5.96. The van der Waals surface area contributed by atoms with Gasteiger partial charge in [-0.25, -0.2) is 13.1 Å². The van der Waals surface area contributed by atoms with Gasteiger partial charge in [0.1, 0.15) is 0 Å². The van der Waals surface area contributed by atoms with Crippen molar-refractivity contribution in [3.63, 3.8) is 0 Å². The Morgan fingerprint density at radius 1 is 1.15 bits per heavy atom. The number of hydrogen-bond donors (Lipinski definition) is 2. The molecule has 0 spiro atoms. The highest BCUT2D eigenvalue weighted by Gasteiger charge is 2.17. The summed E-state index contributed by atoms with van der Waals surface area (Å²) < 4.78 is 27.7. The smallest absolute Gasteiger partial charge is 0.240 e. The molecule has 0 fully saturated rings. The van der Waals surface area contributed by atoms with Crippen LogP contribution in [0.4, 0.5) is 5.69 Å². The molecule has 0 aliphatic carbocycles. The highest BCUT2D eigenvalue weighted by Crippen LogP contribution is 2.28. The van der Waals surface area contributed by atoms with E-state index in [0.29, 0.717) is 10.7 Å². The van der Waals surface area contributed by atoms with E-state index in [1.807, 2.05) is 6.26 Å². The predicted molar refractivity (Wildman–Crippen MR) is 107 cm³/mol. The lowest BCUT2D eigenvalue weighted by atomic mass is 10.2. The van der Waals surface area contributed by atoms with Gasteiger partial charge in [-0.1, -0.05) is 37.6 Å². The Balaban J connectivity index is 2.22. The molecule has 0 aromatic heterocycles. The topological polar surface area (TPSA) is 75.3 Å². The summed E-state index contributed by atoms with van der Waals surface area (Å²) in [5.74, 6) is -0.364. The first-order valence-electron chi connectivity index (χ1n) is 7.96. The third-order valence-electron chi connectivity index (χ3n) is 3.64. The van der Waals surface area contributed by atoms with Crippen LogP contribution < -0.4 is 10.0 Å². The largest absolute Gasteiger partial charge is 0.325 e. The van der Waals surface area contributed by atoms with E-state index >= 15 is 0 Å². The molecule has 0 bridgehead atoms. The summed E-state index contributed by atoms with van der Waals surface area (Å²) in [6.07, 6.45) is 1.87. The van der Waals surface area contributed by atoms with Crippen LogP contribution in [-0.4, -0.2) is 20.6 Å². The number of hydrogen-bond acceptors (Lipinski definition) is 4. The lowest BCUT2D eigenvalue weighted by Crippen LogP contribution is -2.24. The Morgan fingerprint density at radius 2 is 1.81 bits per heavy atom. The highest BCUT2D eigenvalue weighted by atomic mass is 35.5. The standard InChI is InChI=1S/C18H21ClN2O3S2/c1-12(2)18(22)21-16-10-15(8-9-17(16)25-3)26(23,24)20-11-13-4-6-14(19)7-5-13/h4-10,12,20H,11H2,1-3H3,(H,21,22). The lowest BCUT2D eigenvalue weighted by Gasteiger charge is -2.14.